The van der Waals surface area contributed by atoms with Crippen molar-refractivity contribution in [3.63, 3.8) is 0 Å². The van der Waals surface area contributed by atoms with E-state index in [1.54, 1.807) is 0 Å². The Morgan fingerprint density at radius 2 is 1.43 bits per heavy atom. The van der Waals surface area contributed by atoms with Crippen molar-refractivity contribution in [3.05, 3.63) is 35.4 Å². The van der Waals surface area contributed by atoms with Gasteiger partial charge in [-0.05, 0) is 43.1 Å². The summed E-state index contributed by atoms with van der Waals surface area (Å²) < 4.78 is 25.3. The molecule has 4 heteroatoms. The van der Waals surface area contributed by atoms with E-state index in [4.69, 9.17) is 5.73 Å². The molecule has 0 amide bonds. The van der Waals surface area contributed by atoms with Crippen LogP contribution in [0, 0.1) is 11.8 Å². The molecule has 1 aromatic rings. The fourth-order valence-corrected chi connectivity index (χ4v) is 2.95. The van der Waals surface area contributed by atoms with Gasteiger partial charge < -0.3 is 5.73 Å². The van der Waals surface area contributed by atoms with Crippen molar-refractivity contribution < 1.29 is 8.78 Å². The van der Waals surface area contributed by atoms with Gasteiger partial charge in [-0.25, -0.2) is 8.78 Å². The summed E-state index contributed by atoms with van der Waals surface area (Å²) >= 11 is 0. The molecule has 2 nitrogen and oxygen atoms in total. The highest BCUT2D eigenvalue weighted by Crippen LogP contribution is 2.37. The molecular weight excluding hydrogens is 270 g/mol. The fourth-order valence-electron chi connectivity index (χ4n) is 2.95. The molecular formula is C17H24F2N2. The Bertz CT molecular complexity index is 438. The Kier molecular flexibility index (Phi) is 4.55. The van der Waals surface area contributed by atoms with Crippen molar-refractivity contribution in [1.29, 1.82) is 0 Å². The molecule has 0 aliphatic heterocycles. The second-order valence-electron chi connectivity index (χ2n) is 6.56. The van der Waals surface area contributed by atoms with Gasteiger partial charge in [-0.1, -0.05) is 24.3 Å². The van der Waals surface area contributed by atoms with Gasteiger partial charge in [0.05, 0.1) is 0 Å². The lowest BCUT2D eigenvalue weighted by Crippen LogP contribution is -2.36. The third-order valence-electron chi connectivity index (χ3n) is 4.62. The Hall–Kier alpha value is -1.00. The van der Waals surface area contributed by atoms with Crippen molar-refractivity contribution >= 4 is 0 Å². The van der Waals surface area contributed by atoms with Gasteiger partial charge in [0.15, 0.2) is 0 Å². The van der Waals surface area contributed by atoms with Crippen molar-refractivity contribution in [2.75, 3.05) is 19.6 Å². The molecule has 2 N–H and O–H groups in total. The van der Waals surface area contributed by atoms with Crippen LogP contribution in [0.1, 0.15) is 49.3 Å². The van der Waals surface area contributed by atoms with Crippen LogP contribution in [0.2, 0.25) is 0 Å². The number of alkyl halides is 2. The molecule has 0 saturated heterocycles. The largest absolute Gasteiger partial charge is 0.329 e. The van der Waals surface area contributed by atoms with Gasteiger partial charge >= 0.3 is 0 Å². The zero-order valence-electron chi connectivity index (χ0n) is 12.3. The van der Waals surface area contributed by atoms with E-state index < -0.39 is 6.43 Å². The smallest absolute Gasteiger partial charge is 0.263 e. The Morgan fingerprint density at radius 3 is 1.81 bits per heavy atom. The minimum atomic E-state index is -2.40. The highest BCUT2D eigenvalue weighted by molar-refractivity contribution is 5.26. The molecule has 0 aromatic heterocycles. The number of hydrogen-bond donors (Lipinski definition) is 1. The lowest BCUT2D eigenvalue weighted by atomic mass is 10.0. The Balaban J connectivity index is 1.72. The first-order valence-electron chi connectivity index (χ1n) is 7.99. The first-order chi connectivity index (χ1) is 10.2. The molecule has 1 unspecified atom stereocenters. The van der Waals surface area contributed by atoms with Gasteiger partial charge in [0.2, 0.25) is 0 Å². The van der Waals surface area contributed by atoms with Gasteiger partial charge in [0.1, 0.15) is 0 Å². The zero-order valence-corrected chi connectivity index (χ0v) is 12.3. The quantitative estimate of drug-likeness (QED) is 0.791. The number of benzene rings is 1. The van der Waals surface area contributed by atoms with Crippen LogP contribution in [-0.4, -0.2) is 24.5 Å². The summed E-state index contributed by atoms with van der Waals surface area (Å²) in [6.45, 7) is 2.76. The van der Waals surface area contributed by atoms with Gasteiger partial charge in [-0.3, -0.25) is 4.90 Å². The van der Waals surface area contributed by atoms with E-state index in [0.717, 1.165) is 30.5 Å². The van der Waals surface area contributed by atoms with Crippen molar-refractivity contribution in [2.24, 2.45) is 17.6 Å². The molecule has 0 bridgehead atoms. The molecule has 0 radical (unpaired) electrons. The lowest BCUT2D eigenvalue weighted by molar-refractivity contribution is 0.151. The summed E-state index contributed by atoms with van der Waals surface area (Å²) in [4.78, 5) is 2.49. The Morgan fingerprint density at radius 1 is 0.952 bits per heavy atom. The fraction of sp³-hybridized carbons (Fsp3) is 0.647. The van der Waals surface area contributed by atoms with Crippen LogP contribution in [0.25, 0.3) is 0 Å². The monoisotopic (exact) mass is 294 g/mol. The van der Waals surface area contributed by atoms with E-state index in [0.29, 0.717) is 6.54 Å². The molecule has 3 rings (SSSR count). The highest BCUT2D eigenvalue weighted by Gasteiger charge is 2.32. The van der Waals surface area contributed by atoms with E-state index in [-0.39, 0.29) is 11.6 Å². The maximum Gasteiger partial charge on any atom is 0.263 e. The van der Waals surface area contributed by atoms with Crippen LogP contribution >= 0.6 is 0 Å². The summed E-state index contributed by atoms with van der Waals surface area (Å²) in [5.41, 5.74) is 7.17. The number of rotatable bonds is 8. The van der Waals surface area contributed by atoms with Gasteiger partial charge in [0, 0.05) is 31.2 Å². The zero-order chi connectivity index (χ0) is 14.8. The molecule has 2 aliphatic carbocycles. The van der Waals surface area contributed by atoms with Crippen LogP contribution in [0.5, 0.6) is 0 Å². The average molecular weight is 294 g/mol. The van der Waals surface area contributed by atoms with Crippen LogP contribution < -0.4 is 5.73 Å². The molecule has 21 heavy (non-hydrogen) atoms. The van der Waals surface area contributed by atoms with Gasteiger partial charge in [0.25, 0.3) is 6.43 Å². The topological polar surface area (TPSA) is 29.3 Å². The molecule has 0 spiro atoms. The molecule has 0 heterocycles. The van der Waals surface area contributed by atoms with Gasteiger partial charge in [-0.15, -0.1) is 0 Å². The van der Waals surface area contributed by atoms with Crippen LogP contribution in [0.3, 0.4) is 0 Å². The Labute approximate surface area is 125 Å². The first kappa shape index (κ1) is 14.9. The summed E-state index contributed by atoms with van der Waals surface area (Å²) in [5, 5.41) is 0. The van der Waals surface area contributed by atoms with Gasteiger partial charge in [-0.2, -0.15) is 0 Å². The number of nitrogens with zero attached hydrogens (tertiary/aromatic N) is 1. The number of nitrogens with two attached hydrogens (primary N) is 1. The van der Waals surface area contributed by atoms with E-state index >= 15 is 0 Å². The molecule has 2 saturated carbocycles. The highest BCUT2D eigenvalue weighted by atomic mass is 19.3. The normalized spacial score (nSPS) is 20.2. The lowest BCUT2D eigenvalue weighted by Gasteiger charge is -2.31. The third kappa shape index (κ3) is 4.01. The van der Waals surface area contributed by atoms with E-state index in [9.17, 15) is 8.78 Å². The van der Waals surface area contributed by atoms with Crippen LogP contribution in [0.4, 0.5) is 8.78 Å². The van der Waals surface area contributed by atoms with Crippen molar-refractivity contribution in [2.45, 2.75) is 38.2 Å². The molecule has 2 fully saturated rings. The van der Waals surface area contributed by atoms with E-state index in [2.05, 4.69) is 4.90 Å². The summed E-state index contributed by atoms with van der Waals surface area (Å²) in [6.07, 6.45) is 2.89. The van der Waals surface area contributed by atoms with Crippen molar-refractivity contribution in [1.82, 2.24) is 4.90 Å². The maximum atomic E-state index is 12.7. The second kappa shape index (κ2) is 6.41. The SMILES string of the molecule is NCC(c1ccc(C(F)F)cc1)N(CC1CC1)CC1CC1. The standard InChI is InChI=1S/C17H24F2N2/c18-17(19)15-7-5-14(6-8-15)16(9-20)21(10-12-1-2-12)11-13-3-4-13/h5-8,12-13,16-17H,1-4,9-11,20H2. The first-order valence-corrected chi connectivity index (χ1v) is 7.99. The summed E-state index contributed by atoms with van der Waals surface area (Å²) in [6, 6.07) is 6.89. The second-order valence-corrected chi connectivity index (χ2v) is 6.56. The minimum Gasteiger partial charge on any atom is -0.329 e. The van der Waals surface area contributed by atoms with E-state index in [1.165, 1.54) is 37.8 Å². The number of halogens is 2. The minimum absolute atomic E-state index is 0.0884. The molecule has 1 atom stereocenters. The average Bonchev–Trinajstić information content (AvgIpc) is 3.36. The maximum absolute atomic E-state index is 12.7. The molecule has 1 aromatic carbocycles. The van der Waals surface area contributed by atoms with Crippen LogP contribution in [0.15, 0.2) is 24.3 Å². The summed E-state index contributed by atoms with van der Waals surface area (Å²) in [5.74, 6) is 1.64. The summed E-state index contributed by atoms with van der Waals surface area (Å²) in [7, 11) is 0. The molecule has 116 valence electrons. The third-order valence-corrected chi connectivity index (χ3v) is 4.62. The van der Waals surface area contributed by atoms with Crippen LogP contribution in [-0.2, 0) is 0 Å². The predicted octanol–water partition coefficient (Wildman–Crippen LogP) is 3.75. The van der Waals surface area contributed by atoms with E-state index in [1.807, 2.05) is 12.1 Å². The number of hydrogen-bond acceptors (Lipinski definition) is 2. The molecule has 2 aliphatic rings. The predicted molar refractivity (Wildman–Crippen MR) is 80.2 cm³/mol. The van der Waals surface area contributed by atoms with Crippen molar-refractivity contribution in [3.8, 4) is 0 Å².